The highest BCUT2D eigenvalue weighted by Crippen LogP contribution is 2.28. The van der Waals surface area contributed by atoms with Gasteiger partial charge >= 0.3 is 0 Å². The fourth-order valence-electron chi connectivity index (χ4n) is 2.40. The van der Waals surface area contributed by atoms with E-state index in [9.17, 15) is 0 Å². The van der Waals surface area contributed by atoms with Crippen LogP contribution < -0.4 is 0 Å². The van der Waals surface area contributed by atoms with Gasteiger partial charge in [-0.1, -0.05) is 29.8 Å². The summed E-state index contributed by atoms with van der Waals surface area (Å²) < 4.78 is 1.74. The topological polar surface area (TPSA) is 43.6 Å². The summed E-state index contributed by atoms with van der Waals surface area (Å²) in [5.41, 5.74) is 5.00. The summed E-state index contributed by atoms with van der Waals surface area (Å²) in [4.78, 5) is 9.05. The fraction of sp³-hybridized carbons (Fsp3) is 0.188. The molecular weight excluding hydrogens is 284 g/mol. The molecule has 2 heterocycles. The molecule has 1 aromatic carbocycles. The lowest BCUT2D eigenvalue weighted by molar-refractivity contribution is 0.768. The summed E-state index contributed by atoms with van der Waals surface area (Å²) in [6, 6.07) is 7.89. The van der Waals surface area contributed by atoms with Crippen molar-refractivity contribution >= 4 is 11.6 Å². The van der Waals surface area contributed by atoms with Crippen LogP contribution in [0.15, 0.2) is 36.7 Å². The Labute approximate surface area is 128 Å². The molecule has 0 fully saturated rings. The third kappa shape index (κ3) is 2.67. The number of hydrogen-bond donors (Lipinski definition) is 0. The Morgan fingerprint density at radius 2 is 1.81 bits per heavy atom. The van der Waals surface area contributed by atoms with Gasteiger partial charge in [0.05, 0.1) is 11.9 Å². The lowest BCUT2D eigenvalue weighted by Crippen LogP contribution is -1.96. The quantitative estimate of drug-likeness (QED) is 0.676. The molecule has 4 nitrogen and oxygen atoms in total. The average molecular weight is 299 g/mol. The van der Waals surface area contributed by atoms with Crippen LogP contribution in [-0.4, -0.2) is 19.7 Å². The minimum Gasteiger partial charge on any atom is -0.275 e. The van der Waals surface area contributed by atoms with Crippen LogP contribution in [0.2, 0.25) is 5.15 Å². The highest BCUT2D eigenvalue weighted by molar-refractivity contribution is 6.29. The third-order valence-corrected chi connectivity index (χ3v) is 3.59. The van der Waals surface area contributed by atoms with Crippen molar-refractivity contribution in [2.75, 3.05) is 0 Å². The van der Waals surface area contributed by atoms with Gasteiger partial charge in [0.1, 0.15) is 5.15 Å². The lowest BCUT2D eigenvalue weighted by Gasteiger charge is -2.09. The first kappa shape index (κ1) is 13.8. The number of hydrogen-bond acceptors (Lipinski definition) is 3. The molecule has 0 unspecified atom stereocenters. The summed E-state index contributed by atoms with van der Waals surface area (Å²) >= 11 is 6.18. The molecule has 0 saturated carbocycles. The molecule has 0 atom stereocenters. The van der Waals surface area contributed by atoms with E-state index in [0.717, 1.165) is 27.9 Å². The van der Waals surface area contributed by atoms with Gasteiger partial charge in [-0.3, -0.25) is 4.68 Å². The lowest BCUT2D eigenvalue weighted by atomic mass is 10.0. The average Bonchev–Trinajstić information content (AvgIpc) is 2.85. The smallest absolute Gasteiger partial charge is 0.162 e. The van der Waals surface area contributed by atoms with E-state index < -0.39 is 0 Å². The second-order valence-electron chi connectivity index (χ2n) is 5.07. The van der Waals surface area contributed by atoms with Gasteiger partial charge in [-0.2, -0.15) is 5.10 Å². The summed E-state index contributed by atoms with van der Waals surface area (Å²) in [6.07, 6.45) is 3.68. The first-order valence-corrected chi connectivity index (χ1v) is 7.02. The van der Waals surface area contributed by atoms with E-state index in [2.05, 4.69) is 41.0 Å². The molecule has 2 aromatic heterocycles. The molecule has 0 spiro atoms. The Kier molecular flexibility index (Phi) is 3.47. The van der Waals surface area contributed by atoms with Crippen molar-refractivity contribution in [3.63, 3.8) is 0 Å². The van der Waals surface area contributed by atoms with E-state index in [-0.39, 0.29) is 0 Å². The molecule has 0 saturated heterocycles. The van der Waals surface area contributed by atoms with E-state index in [4.69, 9.17) is 11.6 Å². The SMILES string of the molecule is Cc1cccc(C)c1-c1nc(Cl)cc(-c2cnn(C)c2)n1. The molecule has 21 heavy (non-hydrogen) atoms. The minimum atomic E-state index is 0.432. The molecule has 0 radical (unpaired) electrons. The maximum atomic E-state index is 6.18. The van der Waals surface area contributed by atoms with Crippen LogP contribution in [0.4, 0.5) is 0 Å². The van der Waals surface area contributed by atoms with E-state index in [1.165, 1.54) is 0 Å². The van der Waals surface area contributed by atoms with Crippen molar-refractivity contribution in [1.82, 2.24) is 19.7 Å². The van der Waals surface area contributed by atoms with Gasteiger partial charge in [-0.25, -0.2) is 9.97 Å². The molecule has 5 heteroatoms. The molecule has 0 aliphatic carbocycles. The summed E-state index contributed by atoms with van der Waals surface area (Å²) in [6.45, 7) is 4.10. The number of nitrogens with zero attached hydrogens (tertiary/aromatic N) is 4. The third-order valence-electron chi connectivity index (χ3n) is 3.40. The van der Waals surface area contributed by atoms with Crippen molar-refractivity contribution in [1.29, 1.82) is 0 Å². The summed E-state index contributed by atoms with van der Waals surface area (Å²) in [7, 11) is 1.87. The fourth-order valence-corrected chi connectivity index (χ4v) is 2.58. The molecule has 3 aromatic rings. The largest absolute Gasteiger partial charge is 0.275 e. The molecule has 0 aliphatic heterocycles. The molecule has 0 aliphatic rings. The zero-order chi connectivity index (χ0) is 15.0. The van der Waals surface area contributed by atoms with Gasteiger partial charge in [0.15, 0.2) is 5.82 Å². The van der Waals surface area contributed by atoms with Gasteiger partial charge in [-0.15, -0.1) is 0 Å². The van der Waals surface area contributed by atoms with Crippen LogP contribution in [0.25, 0.3) is 22.6 Å². The summed E-state index contributed by atoms with van der Waals surface area (Å²) in [5.74, 6) is 0.650. The maximum absolute atomic E-state index is 6.18. The highest BCUT2D eigenvalue weighted by atomic mass is 35.5. The van der Waals surface area contributed by atoms with Crippen LogP contribution in [-0.2, 0) is 7.05 Å². The Morgan fingerprint density at radius 1 is 1.10 bits per heavy atom. The maximum Gasteiger partial charge on any atom is 0.162 e. The van der Waals surface area contributed by atoms with Crippen LogP contribution in [0.5, 0.6) is 0 Å². The van der Waals surface area contributed by atoms with Crippen molar-refractivity contribution in [2.45, 2.75) is 13.8 Å². The van der Waals surface area contributed by atoms with Crippen molar-refractivity contribution in [3.8, 4) is 22.6 Å². The molecule has 0 bridgehead atoms. The summed E-state index contributed by atoms with van der Waals surface area (Å²) in [5, 5.41) is 4.61. The zero-order valence-corrected chi connectivity index (χ0v) is 12.9. The Morgan fingerprint density at radius 3 is 2.43 bits per heavy atom. The predicted molar refractivity (Wildman–Crippen MR) is 84.2 cm³/mol. The monoisotopic (exact) mass is 298 g/mol. The van der Waals surface area contributed by atoms with Gasteiger partial charge in [0, 0.05) is 30.4 Å². The molecule has 106 valence electrons. The number of aromatic nitrogens is 4. The number of aryl methyl sites for hydroxylation is 3. The van der Waals surface area contributed by atoms with Gasteiger partial charge in [-0.05, 0) is 25.0 Å². The second-order valence-corrected chi connectivity index (χ2v) is 5.46. The Bertz CT molecular complexity index is 788. The first-order chi connectivity index (χ1) is 10.0. The van der Waals surface area contributed by atoms with Gasteiger partial charge in [0.25, 0.3) is 0 Å². The van der Waals surface area contributed by atoms with Crippen LogP contribution in [0.1, 0.15) is 11.1 Å². The van der Waals surface area contributed by atoms with Gasteiger partial charge in [0.2, 0.25) is 0 Å². The standard InChI is InChI=1S/C16H15ClN4/c1-10-5-4-6-11(2)15(10)16-19-13(7-14(17)20-16)12-8-18-21(3)9-12/h4-9H,1-3H3. The number of benzene rings is 1. The first-order valence-electron chi connectivity index (χ1n) is 6.65. The number of rotatable bonds is 2. The Balaban J connectivity index is 2.19. The van der Waals surface area contributed by atoms with Crippen LogP contribution >= 0.6 is 11.6 Å². The molecular formula is C16H15ClN4. The molecule has 0 N–H and O–H groups in total. The van der Waals surface area contributed by atoms with Crippen molar-refractivity contribution in [3.05, 3.63) is 52.9 Å². The van der Waals surface area contributed by atoms with Crippen LogP contribution in [0, 0.1) is 13.8 Å². The van der Waals surface area contributed by atoms with Crippen molar-refractivity contribution in [2.24, 2.45) is 7.05 Å². The predicted octanol–water partition coefficient (Wildman–Crippen LogP) is 3.81. The van der Waals surface area contributed by atoms with E-state index in [1.54, 1.807) is 16.9 Å². The van der Waals surface area contributed by atoms with E-state index in [0.29, 0.717) is 11.0 Å². The van der Waals surface area contributed by atoms with Crippen LogP contribution in [0.3, 0.4) is 0 Å². The molecule has 0 amide bonds. The minimum absolute atomic E-state index is 0.432. The zero-order valence-electron chi connectivity index (χ0n) is 12.1. The van der Waals surface area contributed by atoms with E-state index in [1.807, 2.05) is 19.3 Å². The Hall–Kier alpha value is -2.20. The number of halogens is 1. The van der Waals surface area contributed by atoms with E-state index >= 15 is 0 Å². The van der Waals surface area contributed by atoms with Gasteiger partial charge < -0.3 is 0 Å². The van der Waals surface area contributed by atoms with Crippen molar-refractivity contribution < 1.29 is 0 Å². The molecule has 3 rings (SSSR count). The second kappa shape index (κ2) is 5.30. The normalized spacial score (nSPS) is 10.9. The highest BCUT2D eigenvalue weighted by Gasteiger charge is 2.12.